The second-order valence-corrected chi connectivity index (χ2v) is 8.26. The fourth-order valence-electron chi connectivity index (χ4n) is 4.07. The summed E-state index contributed by atoms with van der Waals surface area (Å²) in [4.78, 5) is 37.5. The minimum absolute atomic E-state index is 0.162. The fraction of sp³-hybridized carbons (Fsp3) is 0.429. The topological polar surface area (TPSA) is 123 Å². The van der Waals surface area contributed by atoms with E-state index < -0.39 is 35.1 Å². The van der Waals surface area contributed by atoms with Crippen LogP contribution in [0, 0.1) is 0 Å². The van der Waals surface area contributed by atoms with Crippen LogP contribution in [0.2, 0.25) is 0 Å². The second kappa shape index (κ2) is 8.18. The van der Waals surface area contributed by atoms with Crippen LogP contribution >= 0.6 is 0 Å². The molecule has 176 valence electrons. The molecule has 0 spiro atoms. The van der Waals surface area contributed by atoms with Gasteiger partial charge in [0.2, 0.25) is 0 Å². The number of rotatable bonds is 4. The van der Waals surface area contributed by atoms with E-state index in [0.29, 0.717) is 32.1 Å². The predicted molar refractivity (Wildman–Crippen MR) is 108 cm³/mol. The number of ether oxygens (including phenoxy) is 1. The molecule has 2 aliphatic rings. The van der Waals surface area contributed by atoms with Crippen LogP contribution in [0.1, 0.15) is 57.8 Å². The van der Waals surface area contributed by atoms with Crippen molar-refractivity contribution in [3.63, 3.8) is 0 Å². The van der Waals surface area contributed by atoms with Gasteiger partial charge in [0.15, 0.2) is 5.69 Å². The van der Waals surface area contributed by atoms with E-state index in [4.69, 9.17) is 4.74 Å². The molecular formula is C21H21F3N4O5. The lowest BCUT2D eigenvalue weighted by Gasteiger charge is -2.34. The molecule has 0 saturated carbocycles. The molecule has 2 aromatic rings. The van der Waals surface area contributed by atoms with Gasteiger partial charge in [-0.15, -0.1) is 0 Å². The van der Waals surface area contributed by atoms with Gasteiger partial charge in [0, 0.05) is 30.8 Å². The molecule has 1 aromatic carbocycles. The summed E-state index contributed by atoms with van der Waals surface area (Å²) in [7, 11) is 0. The van der Waals surface area contributed by atoms with Gasteiger partial charge in [0.05, 0.1) is 11.6 Å². The Labute approximate surface area is 185 Å². The number of carbonyl (C=O) groups is 3. The number of alkyl halides is 3. The van der Waals surface area contributed by atoms with E-state index in [0.717, 1.165) is 12.1 Å². The van der Waals surface area contributed by atoms with Gasteiger partial charge in [-0.2, -0.15) is 18.3 Å². The maximum atomic E-state index is 13.0. The smallest absolute Gasteiger partial charge is 0.416 e. The minimum Gasteiger partial charge on any atom is -0.476 e. The van der Waals surface area contributed by atoms with Gasteiger partial charge in [-0.1, -0.05) is 6.07 Å². The number of carbonyl (C=O) groups excluding carboxylic acids is 2. The van der Waals surface area contributed by atoms with Crippen LogP contribution in [0.4, 0.5) is 19.0 Å². The normalized spacial score (nSPS) is 21.3. The van der Waals surface area contributed by atoms with Crippen molar-refractivity contribution < 1.29 is 37.4 Å². The highest BCUT2D eigenvalue weighted by atomic mass is 19.4. The monoisotopic (exact) mass is 466 g/mol. The van der Waals surface area contributed by atoms with E-state index in [9.17, 15) is 32.7 Å². The predicted octanol–water partition coefficient (Wildman–Crippen LogP) is 2.63. The quantitative estimate of drug-likeness (QED) is 0.637. The lowest BCUT2D eigenvalue weighted by atomic mass is 9.87. The number of nitrogens with zero attached hydrogens (tertiary/aromatic N) is 2. The largest absolute Gasteiger partial charge is 0.476 e. The number of aromatic carboxylic acids is 1. The average molecular weight is 466 g/mol. The summed E-state index contributed by atoms with van der Waals surface area (Å²) < 4.78 is 45.8. The first-order valence-corrected chi connectivity index (χ1v) is 10.2. The molecule has 3 N–H and O–H groups in total. The summed E-state index contributed by atoms with van der Waals surface area (Å²) >= 11 is 0. The number of nitrogens with one attached hydrogen (secondary N) is 2. The molecule has 0 bridgehead atoms. The third-order valence-electron chi connectivity index (χ3n) is 5.85. The maximum Gasteiger partial charge on any atom is 0.416 e. The van der Waals surface area contributed by atoms with Crippen LogP contribution in [0.3, 0.4) is 0 Å². The van der Waals surface area contributed by atoms with Crippen molar-refractivity contribution in [1.82, 2.24) is 15.1 Å². The number of hydrogen-bond acceptors (Lipinski definition) is 5. The van der Waals surface area contributed by atoms with Crippen molar-refractivity contribution in [2.24, 2.45) is 0 Å². The van der Waals surface area contributed by atoms with Gasteiger partial charge >= 0.3 is 12.1 Å². The Morgan fingerprint density at radius 2 is 2.00 bits per heavy atom. The van der Waals surface area contributed by atoms with E-state index >= 15 is 0 Å². The lowest BCUT2D eigenvalue weighted by molar-refractivity contribution is -0.137. The molecule has 33 heavy (non-hydrogen) atoms. The van der Waals surface area contributed by atoms with E-state index in [2.05, 4.69) is 15.7 Å². The number of aromatic nitrogens is 2. The number of carboxylic acid groups (broad SMARTS) is 1. The molecular weight excluding hydrogens is 445 g/mol. The lowest BCUT2D eigenvalue weighted by Crippen LogP contribution is -2.58. The number of carboxylic acids is 1. The summed E-state index contributed by atoms with van der Waals surface area (Å²) in [6, 6.07) is 3.66. The van der Waals surface area contributed by atoms with Crippen molar-refractivity contribution in [3.8, 4) is 0 Å². The zero-order valence-corrected chi connectivity index (χ0v) is 17.5. The molecule has 1 fully saturated rings. The standard InChI is InChI=1S/C21H21F3N4O5/c1-20(26-17(29)11-3-2-4-12(9-11)21(22,23)24)10-14-15(18(30)31)27-28(16(14)25-19(20)32)13-5-7-33-8-6-13/h2-4,9,13H,5-8,10H2,1H3,(H,25,32)(H,26,29)(H,30,31). The average Bonchev–Trinajstić information content (AvgIpc) is 3.12. The molecule has 4 rings (SSSR count). The zero-order valence-electron chi connectivity index (χ0n) is 17.5. The number of anilines is 1. The Balaban J connectivity index is 1.64. The highest BCUT2D eigenvalue weighted by molar-refractivity contribution is 6.06. The highest BCUT2D eigenvalue weighted by Gasteiger charge is 2.44. The van der Waals surface area contributed by atoms with E-state index in [1.807, 2.05) is 0 Å². The summed E-state index contributed by atoms with van der Waals surface area (Å²) in [5.41, 5.74) is -2.90. The molecule has 0 radical (unpaired) electrons. The summed E-state index contributed by atoms with van der Waals surface area (Å²) in [5.74, 6) is -2.56. The van der Waals surface area contributed by atoms with Crippen LogP contribution in [0.25, 0.3) is 0 Å². The Kier molecular flexibility index (Phi) is 5.64. The van der Waals surface area contributed by atoms with Crippen LogP contribution in [0.5, 0.6) is 0 Å². The number of benzene rings is 1. The van der Waals surface area contributed by atoms with Crippen molar-refractivity contribution in [2.45, 2.75) is 43.9 Å². The number of halogens is 3. The van der Waals surface area contributed by atoms with Crippen molar-refractivity contribution >= 4 is 23.6 Å². The molecule has 1 atom stereocenters. The first-order chi connectivity index (χ1) is 15.5. The molecule has 1 saturated heterocycles. The summed E-state index contributed by atoms with van der Waals surface area (Å²) in [6.45, 7) is 2.33. The minimum atomic E-state index is -4.63. The molecule has 2 aliphatic heterocycles. The Morgan fingerprint density at radius 3 is 2.64 bits per heavy atom. The Hall–Kier alpha value is -3.41. The van der Waals surface area contributed by atoms with Gasteiger partial charge < -0.3 is 20.5 Å². The second-order valence-electron chi connectivity index (χ2n) is 8.26. The van der Waals surface area contributed by atoms with E-state index in [1.54, 1.807) is 0 Å². The van der Waals surface area contributed by atoms with Crippen LogP contribution in [-0.2, 0) is 22.1 Å². The third kappa shape index (κ3) is 4.30. The van der Waals surface area contributed by atoms with Crippen molar-refractivity contribution in [2.75, 3.05) is 18.5 Å². The van der Waals surface area contributed by atoms with Crippen molar-refractivity contribution in [1.29, 1.82) is 0 Å². The molecule has 9 nitrogen and oxygen atoms in total. The van der Waals surface area contributed by atoms with Crippen LogP contribution in [-0.4, -0.2) is 51.4 Å². The van der Waals surface area contributed by atoms with Gasteiger partial charge in [0.25, 0.3) is 11.8 Å². The summed E-state index contributed by atoms with van der Waals surface area (Å²) in [6.07, 6.45) is -3.64. The molecule has 1 unspecified atom stereocenters. The first-order valence-electron chi connectivity index (χ1n) is 10.2. The van der Waals surface area contributed by atoms with Gasteiger partial charge in [-0.3, -0.25) is 9.59 Å². The first kappa shape index (κ1) is 22.8. The molecule has 2 amide bonds. The Bertz CT molecular complexity index is 1120. The van der Waals surface area contributed by atoms with Gasteiger partial charge in [-0.25, -0.2) is 9.48 Å². The van der Waals surface area contributed by atoms with Crippen molar-refractivity contribution in [3.05, 3.63) is 46.6 Å². The molecule has 0 aliphatic carbocycles. The van der Waals surface area contributed by atoms with Gasteiger partial charge in [0.1, 0.15) is 11.4 Å². The molecule has 1 aromatic heterocycles. The number of amides is 2. The highest BCUT2D eigenvalue weighted by Crippen LogP contribution is 2.35. The number of fused-ring (bicyclic) bond motifs is 1. The molecule has 12 heteroatoms. The Morgan fingerprint density at radius 1 is 1.30 bits per heavy atom. The SMILES string of the molecule is CC1(NC(=O)c2cccc(C(F)(F)F)c2)Cc2c(C(=O)O)nn(C3CCOCC3)c2NC1=O. The summed E-state index contributed by atoms with van der Waals surface area (Å²) in [5, 5.41) is 19.0. The third-order valence-corrected chi connectivity index (χ3v) is 5.85. The van der Waals surface area contributed by atoms with Gasteiger partial charge in [-0.05, 0) is 38.0 Å². The maximum absolute atomic E-state index is 13.0. The van der Waals surface area contributed by atoms with E-state index in [-0.39, 0.29) is 35.1 Å². The van der Waals surface area contributed by atoms with Crippen LogP contribution in [0.15, 0.2) is 24.3 Å². The number of hydrogen-bond donors (Lipinski definition) is 3. The van der Waals surface area contributed by atoms with E-state index in [1.165, 1.54) is 17.7 Å². The zero-order chi connectivity index (χ0) is 24.0. The molecule has 3 heterocycles. The fourth-order valence-corrected chi connectivity index (χ4v) is 4.07. The van der Waals surface area contributed by atoms with Crippen LogP contribution < -0.4 is 10.6 Å².